The fourth-order valence-electron chi connectivity index (χ4n) is 3.63. The molecular formula is C22H29NOS. The lowest BCUT2D eigenvalue weighted by atomic mass is 9.97. The summed E-state index contributed by atoms with van der Waals surface area (Å²) in [5, 5.41) is 0. The van der Waals surface area contributed by atoms with Gasteiger partial charge in [-0.2, -0.15) is 0 Å². The van der Waals surface area contributed by atoms with Gasteiger partial charge in [-0.25, -0.2) is 8.51 Å². The molecule has 134 valence electrons. The molecule has 2 unspecified atom stereocenters. The smallest absolute Gasteiger partial charge is 0.0561 e. The van der Waals surface area contributed by atoms with Gasteiger partial charge >= 0.3 is 0 Å². The van der Waals surface area contributed by atoms with Gasteiger partial charge in [0, 0.05) is 17.5 Å². The SMILES string of the molecule is C=S(=O)(c1ccc(C)cc1)N1CCCCC1CCc1ccc(C)cc1. The molecule has 2 atom stereocenters. The summed E-state index contributed by atoms with van der Waals surface area (Å²) in [6, 6.07) is 17.1. The Kier molecular flexibility index (Phi) is 5.65. The van der Waals surface area contributed by atoms with Gasteiger partial charge in [0.1, 0.15) is 0 Å². The molecule has 0 N–H and O–H groups in total. The summed E-state index contributed by atoms with van der Waals surface area (Å²) in [6.45, 7) is 5.06. The molecule has 2 aromatic rings. The highest BCUT2D eigenvalue weighted by molar-refractivity contribution is 7.98. The fraction of sp³-hybridized carbons (Fsp3) is 0.409. The standard InChI is InChI=1S/C22H29NOS/c1-18-7-11-20(12-8-18)13-14-21-6-4-5-17-23(21)25(3,24)22-15-9-19(2)10-16-22/h7-12,15-16,21H,3-6,13-14,17H2,1-2H3. The van der Waals surface area contributed by atoms with Crippen molar-refractivity contribution in [1.82, 2.24) is 4.31 Å². The van der Waals surface area contributed by atoms with Gasteiger partial charge in [-0.3, -0.25) is 0 Å². The minimum Gasteiger partial charge on any atom is -0.248 e. The zero-order chi connectivity index (χ0) is 17.9. The second kappa shape index (κ2) is 7.76. The van der Waals surface area contributed by atoms with Crippen molar-refractivity contribution in [2.24, 2.45) is 0 Å². The van der Waals surface area contributed by atoms with Crippen LogP contribution in [-0.4, -0.2) is 27.0 Å². The van der Waals surface area contributed by atoms with Crippen LogP contribution in [0.3, 0.4) is 0 Å². The van der Waals surface area contributed by atoms with Crippen molar-refractivity contribution in [2.45, 2.75) is 56.9 Å². The van der Waals surface area contributed by atoms with Gasteiger partial charge in [-0.05, 0) is 63.1 Å². The van der Waals surface area contributed by atoms with Gasteiger partial charge in [0.25, 0.3) is 0 Å². The van der Waals surface area contributed by atoms with Crippen LogP contribution in [0.15, 0.2) is 53.4 Å². The van der Waals surface area contributed by atoms with Crippen LogP contribution in [0, 0.1) is 13.8 Å². The van der Waals surface area contributed by atoms with Gasteiger partial charge in [0.15, 0.2) is 0 Å². The van der Waals surface area contributed by atoms with Gasteiger partial charge in [0.2, 0.25) is 0 Å². The topological polar surface area (TPSA) is 20.3 Å². The van der Waals surface area contributed by atoms with Crippen molar-refractivity contribution < 1.29 is 4.21 Å². The quantitative estimate of drug-likeness (QED) is 0.707. The molecular weight excluding hydrogens is 326 g/mol. The number of aryl methyl sites for hydroxylation is 3. The molecule has 0 radical (unpaired) electrons. The molecule has 1 fully saturated rings. The van der Waals surface area contributed by atoms with Gasteiger partial charge in [0.05, 0.1) is 9.71 Å². The monoisotopic (exact) mass is 355 g/mol. The summed E-state index contributed by atoms with van der Waals surface area (Å²) in [5.41, 5.74) is 3.85. The van der Waals surface area contributed by atoms with E-state index in [4.69, 9.17) is 0 Å². The predicted octanol–water partition coefficient (Wildman–Crippen LogP) is 4.78. The average Bonchev–Trinajstić information content (AvgIpc) is 2.62. The summed E-state index contributed by atoms with van der Waals surface area (Å²) in [7, 11) is -2.41. The summed E-state index contributed by atoms with van der Waals surface area (Å²) < 4.78 is 15.7. The first-order chi connectivity index (χ1) is 12.0. The Bertz CT molecular complexity index is 791. The third-order valence-electron chi connectivity index (χ3n) is 5.23. The maximum Gasteiger partial charge on any atom is 0.0561 e. The Balaban J connectivity index is 1.75. The minimum atomic E-state index is -2.41. The molecule has 0 amide bonds. The van der Waals surface area contributed by atoms with E-state index in [1.54, 1.807) is 0 Å². The summed E-state index contributed by atoms with van der Waals surface area (Å²) in [4.78, 5) is 0.861. The fourth-order valence-corrected chi connectivity index (χ4v) is 5.57. The van der Waals surface area contributed by atoms with Crippen molar-refractivity contribution in [3.63, 3.8) is 0 Å². The summed E-state index contributed by atoms with van der Waals surface area (Å²) in [6.07, 6.45) is 5.52. The van der Waals surface area contributed by atoms with Crippen LogP contribution in [-0.2, 0) is 16.1 Å². The second-order valence-electron chi connectivity index (χ2n) is 7.27. The van der Waals surface area contributed by atoms with Crippen LogP contribution >= 0.6 is 0 Å². The van der Waals surface area contributed by atoms with E-state index in [9.17, 15) is 4.21 Å². The van der Waals surface area contributed by atoms with E-state index in [0.717, 1.165) is 37.1 Å². The van der Waals surface area contributed by atoms with Crippen LogP contribution in [0.1, 0.15) is 42.4 Å². The molecule has 1 heterocycles. The number of rotatable bonds is 5. The minimum absolute atomic E-state index is 0.348. The van der Waals surface area contributed by atoms with E-state index in [0.29, 0.717) is 6.04 Å². The van der Waals surface area contributed by atoms with Crippen molar-refractivity contribution in [3.8, 4) is 0 Å². The summed E-state index contributed by atoms with van der Waals surface area (Å²) in [5.74, 6) is 4.16. The molecule has 3 rings (SSSR count). The van der Waals surface area contributed by atoms with Gasteiger partial charge in [-0.1, -0.05) is 53.9 Å². The van der Waals surface area contributed by atoms with Crippen LogP contribution in [0.25, 0.3) is 0 Å². The Morgan fingerprint density at radius 3 is 2.24 bits per heavy atom. The Morgan fingerprint density at radius 1 is 1.00 bits per heavy atom. The van der Waals surface area contributed by atoms with Crippen LogP contribution in [0.5, 0.6) is 0 Å². The van der Waals surface area contributed by atoms with Crippen LogP contribution in [0.4, 0.5) is 0 Å². The predicted molar refractivity (Wildman–Crippen MR) is 109 cm³/mol. The lowest BCUT2D eigenvalue weighted by molar-refractivity contribution is 0.251. The van der Waals surface area contributed by atoms with E-state index < -0.39 is 9.71 Å². The van der Waals surface area contributed by atoms with Crippen molar-refractivity contribution in [2.75, 3.05) is 6.54 Å². The van der Waals surface area contributed by atoms with E-state index in [2.05, 4.69) is 48.3 Å². The van der Waals surface area contributed by atoms with Crippen molar-refractivity contribution in [3.05, 3.63) is 65.2 Å². The second-order valence-corrected chi connectivity index (χ2v) is 9.49. The lowest BCUT2D eigenvalue weighted by Crippen LogP contribution is -2.43. The molecule has 3 heteroatoms. The first kappa shape index (κ1) is 18.2. The van der Waals surface area contributed by atoms with Gasteiger partial charge in [-0.15, -0.1) is 0 Å². The largest absolute Gasteiger partial charge is 0.248 e. The van der Waals surface area contributed by atoms with E-state index >= 15 is 0 Å². The Hall–Kier alpha value is -1.58. The highest BCUT2D eigenvalue weighted by Gasteiger charge is 2.29. The molecule has 0 saturated carbocycles. The first-order valence-electron chi connectivity index (χ1n) is 9.23. The first-order valence-corrected chi connectivity index (χ1v) is 10.9. The van der Waals surface area contributed by atoms with E-state index in [1.165, 1.54) is 23.1 Å². The number of benzene rings is 2. The van der Waals surface area contributed by atoms with Crippen molar-refractivity contribution >= 4 is 15.6 Å². The normalized spacial score (nSPS) is 21.0. The third-order valence-corrected chi connectivity index (χ3v) is 7.48. The zero-order valence-electron chi connectivity index (χ0n) is 15.4. The third kappa shape index (κ3) is 4.34. The Labute approximate surface area is 153 Å². The lowest BCUT2D eigenvalue weighted by Gasteiger charge is -2.38. The van der Waals surface area contributed by atoms with Crippen molar-refractivity contribution in [1.29, 1.82) is 0 Å². The maximum atomic E-state index is 13.5. The molecule has 0 aliphatic carbocycles. The highest BCUT2D eigenvalue weighted by Crippen LogP contribution is 2.28. The molecule has 0 bridgehead atoms. The maximum absolute atomic E-state index is 13.5. The zero-order valence-corrected chi connectivity index (χ0v) is 16.2. The van der Waals surface area contributed by atoms with Crippen LogP contribution < -0.4 is 0 Å². The van der Waals surface area contributed by atoms with E-state index in [1.807, 2.05) is 24.3 Å². The molecule has 2 nitrogen and oxygen atoms in total. The average molecular weight is 356 g/mol. The highest BCUT2D eigenvalue weighted by atomic mass is 32.2. The Morgan fingerprint density at radius 2 is 1.60 bits per heavy atom. The van der Waals surface area contributed by atoms with E-state index in [-0.39, 0.29) is 0 Å². The number of hydrogen-bond acceptors (Lipinski definition) is 1. The molecule has 1 aliphatic heterocycles. The molecule has 1 saturated heterocycles. The molecule has 0 spiro atoms. The molecule has 1 aliphatic rings. The number of piperidine rings is 1. The molecule has 2 aromatic carbocycles. The summed E-state index contributed by atoms with van der Waals surface area (Å²) >= 11 is 0. The molecule has 25 heavy (non-hydrogen) atoms. The van der Waals surface area contributed by atoms with Gasteiger partial charge < -0.3 is 0 Å². The number of nitrogens with zero attached hydrogens (tertiary/aromatic N) is 1. The van der Waals surface area contributed by atoms with Crippen LogP contribution in [0.2, 0.25) is 0 Å². The molecule has 0 aromatic heterocycles. The number of hydrogen-bond donors (Lipinski definition) is 0.